The van der Waals surface area contributed by atoms with Crippen molar-refractivity contribution in [3.63, 3.8) is 0 Å². The van der Waals surface area contributed by atoms with E-state index in [9.17, 15) is 44.3 Å². The molecule has 0 amide bonds. The summed E-state index contributed by atoms with van der Waals surface area (Å²) in [6.07, 6.45) is 2.43. The van der Waals surface area contributed by atoms with Gasteiger partial charge in [-0.1, -0.05) is 16.3 Å². The van der Waals surface area contributed by atoms with E-state index in [1.165, 1.54) is 12.7 Å². The van der Waals surface area contributed by atoms with Gasteiger partial charge in [0.2, 0.25) is 0 Å². The van der Waals surface area contributed by atoms with Gasteiger partial charge in [0.25, 0.3) is 11.1 Å². The topological polar surface area (TPSA) is 283 Å². The van der Waals surface area contributed by atoms with Crippen molar-refractivity contribution in [2.45, 2.75) is 55.5 Å². The van der Waals surface area contributed by atoms with Crippen LogP contribution >= 0.6 is 23.7 Å². The average Bonchev–Trinajstić information content (AvgIpc) is 3.79. The number of aliphatic hydroxyl groups is 5. The number of hydrogen-bond acceptors (Lipinski definition) is 14. The Morgan fingerprint density at radius 2 is 1.34 bits per heavy atom. The maximum atomic E-state index is 11.7. The molecular weight excluding hydrogens is 713 g/mol. The van der Waals surface area contributed by atoms with Crippen LogP contribution in [-0.2, 0) is 13.9 Å². The minimum absolute atomic E-state index is 0.114. The van der Waals surface area contributed by atoms with Gasteiger partial charge < -0.3 is 64.7 Å². The van der Waals surface area contributed by atoms with E-state index in [1.54, 1.807) is 43.7 Å². The van der Waals surface area contributed by atoms with E-state index in [-0.39, 0.29) is 30.7 Å². The van der Waals surface area contributed by atoms with Gasteiger partial charge in [0, 0.05) is 23.5 Å². The number of rotatable bonds is 8. The molecule has 2 saturated heterocycles. The number of hydrogen-bond donors (Lipinski definition) is 10. The molecular formula is C29H47N8O10P3. The molecule has 50 heavy (non-hydrogen) atoms. The maximum Gasteiger partial charge on any atom is 0.275 e. The quantitative estimate of drug-likeness (QED) is 0.103. The Kier molecular flexibility index (Phi) is 13.2. The molecule has 278 valence electrons. The van der Waals surface area contributed by atoms with E-state index in [0.717, 1.165) is 6.16 Å². The van der Waals surface area contributed by atoms with Crippen LogP contribution < -0.4 is 16.4 Å². The number of aromatic amines is 4. The largest absolute Gasteiger partial charge is 0.395 e. The van der Waals surface area contributed by atoms with Crippen molar-refractivity contribution in [2.75, 3.05) is 52.4 Å². The van der Waals surface area contributed by atoms with Crippen molar-refractivity contribution in [1.82, 2.24) is 39.9 Å². The number of aliphatic hydroxyl groups excluding tert-OH is 5. The zero-order chi connectivity index (χ0) is 37.1. The molecule has 21 heteroatoms. The first kappa shape index (κ1) is 40.2. The predicted octanol–water partition coefficient (Wildman–Crippen LogP) is -0.308. The van der Waals surface area contributed by atoms with Crippen LogP contribution in [0.1, 0.15) is 30.1 Å². The smallest absolute Gasteiger partial charge is 0.275 e. The Bertz CT molecular complexity index is 1950. The van der Waals surface area contributed by atoms with E-state index in [0.29, 0.717) is 33.2 Å². The summed E-state index contributed by atoms with van der Waals surface area (Å²) in [6, 6.07) is -2.27. The van der Waals surface area contributed by atoms with Crippen LogP contribution in [-0.4, -0.2) is 149 Å². The van der Waals surface area contributed by atoms with Gasteiger partial charge in [0.1, 0.15) is 41.4 Å². The zero-order valence-electron chi connectivity index (χ0n) is 28.3. The van der Waals surface area contributed by atoms with Crippen molar-refractivity contribution in [1.29, 1.82) is 0 Å². The highest BCUT2D eigenvalue weighted by molar-refractivity contribution is 7.62. The minimum Gasteiger partial charge on any atom is -0.395 e. The predicted molar refractivity (Wildman–Crippen MR) is 193 cm³/mol. The molecule has 18 nitrogen and oxygen atoms in total. The molecule has 6 rings (SSSR count). The summed E-state index contributed by atoms with van der Waals surface area (Å²) in [6.45, 7) is 8.63. The van der Waals surface area contributed by atoms with Gasteiger partial charge in [-0.25, -0.2) is 9.97 Å². The minimum atomic E-state index is -2.31. The molecule has 2 aliphatic heterocycles. The highest BCUT2D eigenvalue weighted by Gasteiger charge is 2.47. The van der Waals surface area contributed by atoms with E-state index in [2.05, 4.69) is 44.6 Å². The van der Waals surface area contributed by atoms with E-state index in [1.807, 2.05) is 6.92 Å². The fourth-order valence-corrected chi connectivity index (χ4v) is 6.76. The van der Waals surface area contributed by atoms with Gasteiger partial charge in [-0.2, -0.15) is 0 Å². The summed E-state index contributed by atoms with van der Waals surface area (Å²) < 4.78 is 29.3. The average molecular weight is 761 g/mol. The number of nitrogens with zero attached hydrogens (tertiary/aromatic N) is 3. The van der Waals surface area contributed by atoms with Crippen LogP contribution in [0, 0.1) is 0 Å². The van der Waals surface area contributed by atoms with Crippen LogP contribution in [0.5, 0.6) is 0 Å². The zero-order valence-corrected chi connectivity index (χ0v) is 31.3. The standard InChI is InChI=1S/C14H21N4O5P.C11H15N4O4P.C4H11OP/c1-24(2,22)6-23-4-8-12(19)13(20)10(18-8)7-3-15-11-9(7)16-5-17-14(11)21;16-2-5-9(17)10(18)8(15(5)20)4-1-12-7-6(4)13-3-14-11(7)19;1-4-6(2,3)5/h3,5,8,10,12-13,15,18-20H,4,6H2,1-2H3,(H,16,17,21);1,3,5,8-10,12,16-18H,2,20H2,(H,13,14,19);4H2,1-3H3/t8-,10+,12-,13+;5-,8+,9-,10+;/m11./s1. The number of nitrogens with one attached hydrogen (secondary N) is 5. The first-order chi connectivity index (χ1) is 23.4. The summed E-state index contributed by atoms with van der Waals surface area (Å²) >= 11 is 0. The molecule has 0 aliphatic carbocycles. The highest BCUT2D eigenvalue weighted by atomic mass is 31.2. The molecule has 4 aromatic rings. The van der Waals surface area contributed by atoms with E-state index < -0.39 is 62.9 Å². The molecule has 6 heterocycles. The molecule has 2 aliphatic rings. The molecule has 0 aromatic carbocycles. The lowest BCUT2D eigenvalue weighted by atomic mass is 10.0. The van der Waals surface area contributed by atoms with Gasteiger partial charge in [0.05, 0.1) is 75.7 Å². The van der Waals surface area contributed by atoms with Crippen LogP contribution in [0.2, 0.25) is 0 Å². The molecule has 0 radical (unpaired) electrons. The normalized spacial score (nSPS) is 27.3. The Morgan fingerprint density at radius 1 is 0.820 bits per heavy atom. The molecule has 10 N–H and O–H groups in total. The van der Waals surface area contributed by atoms with Crippen molar-refractivity contribution in [3.8, 4) is 0 Å². The summed E-state index contributed by atoms with van der Waals surface area (Å²) in [5.41, 5.74) is 2.10. The SMILES string of the molecule is CCP(C)(C)=O.CP(C)(=O)COC[C@H]1N[C@@H](c2c[nH]c3c(=O)[nH]cnc23)[C@H](O)[C@@H]1O.O=c1[nH]cnc2c([C@H]3[C@H](O)[C@H](O)[C@@H](CO)N3P)c[nH]c12. The third-order valence-corrected chi connectivity index (χ3v) is 11.6. The lowest BCUT2D eigenvalue weighted by Crippen LogP contribution is -2.37. The summed E-state index contributed by atoms with van der Waals surface area (Å²) in [4.78, 5) is 42.3. The lowest BCUT2D eigenvalue weighted by Gasteiger charge is -2.23. The summed E-state index contributed by atoms with van der Waals surface area (Å²) in [5, 5.41) is 53.1. The molecule has 9 atom stereocenters. The Morgan fingerprint density at radius 3 is 1.82 bits per heavy atom. The maximum absolute atomic E-state index is 11.7. The Hall–Kier alpha value is -2.59. The first-order valence-electron chi connectivity index (χ1n) is 15.8. The van der Waals surface area contributed by atoms with Crippen LogP contribution in [0.3, 0.4) is 0 Å². The second-order valence-electron chi connectivity index (χ2n) is 13.2. The van der Waals surface area contributed by atoms with Crippen LogP contribution in [0.15, 0.2) is 34.6 Å². The number of fused-ring (bicyclic) bond motifs is 2. The van der Waals surface area contributed by atoms with Crippen molar-refractivity contribution in [3.05, 3.63) is 56.9 Å². The van der Waals surface area contributed by atoms with E-state index >= 15 is 0 Å². The number of H-pyrrole nitrogens is 4. The highest BCUT2D eigenvalue weighted by Crippen LogP contribution is 2.41. The van der Waals surface area contributed by atoms with Crippen molar-refractivity contribution < 1.29 is 39.4 Å². The van der Waals surface area contributed by atoms with Crippen LogP contribution in [0.4, 0.5) is 0 Å². The van der Waals surface area contributed by atoms with Gasteiger partial charge in [-0.05, 0) is 32.8 Å². The molecule has 0 bridgehead atoms. The van der Waals surface area contributed by atoms with Crippen LogP contribution in [0.25, 0.3) is 22.1 Å². The lowest BCUT2D eigenvalue weighted by molar-refractivity contribution is 0.0132. The first-order valence-corrected chi connectivity index (χ1v) is 21.9. The van der Waals surface area contributed by atoms with Gasteiger partial charge in [-0.15, -0.1) is 0 Å². The number of aromatic nitrogens is 6. The fraction of sp³-hybridized carbons (Fsp3) is 0.586. The van der Waals surface area contributed by atoms with Crippen molar-refractivity contribution in [2.24, 2.45) is 0 Å². The summed E-state index contributed by atoms with van der Waals surface area (Å²) in [7, 11) is -1.56. The third-order valence-electron chi connectivity index (χ3n) is 8.57. The molecule has 1 unspecified atom stereocenters. The second-order valence-corrected chi connectivity index (χ2v) is 21.0. The third kappa shape index (κ3) is 9.06. The molecule has 4 aromatic heterocycles. The van der Waals surface area contributed by atoms with Gasteiger partial charge in [0.15, 0.2) is 0 Å². The molecule has 2 fully saturated rings. The Balaban J connectivity index is 0.000000196. The second kappa shape index (κ2) is 16.4. The van der Waals surface area contributed by atoms with Crippen molar-refractivity contribution >= 4 is 45.7 Å². The fourth-order valence-electron chi connectivity index (χ4n) is 5.61. The van der Waals surface area contributed by atoms with Gasteiger partial charge >= 0.3 is 0 Å². The number of ether oxygens (including phenoxy) is 1. The monoisotopic (exact) mass is 760 g/mol. The molecule has 0 spiro atoms. The van der Waals surface area contributed by atoms with E-state index in [4.69, 9.17) is 4.74 Å². The van der Waals surface area contributed by atoms with Gasteiger partial charge in [-0.3, -0.25) is 14.3 Å². The summed E-state index contributed by atoms with van der Waals surface area (Å²) in [5.74, 6) is 0. The Labute approximate surface area is 289 Å². The molecule has 0 saturated carbocycles.